The second-order valence-corrected chi connectivity index (χ2v) is 8.05. The zero-order chi connectivity index (χ0) is 15.0. The van der Waals surface area contributed by atoms with Crippen molar-refractivity contribution in [3.8, 4) is 0 Å². The minimum atomic E-state index is -3.61. The van der Waals surface area contributed by atoms with Crippen LogP contribution in [0.2, 0.25) is 5.02 Å². The molecule has 0 radical (unpaired) electrons. The summed E-state index contributed by atoms with van der Waals surface area (Å²) in [6.45, 7) is 1.76. The maximum atomic E-state index is 12.7. The van der Waals surface area contributed by atoms with Crippen molar-refractivity contribution in [3.05, 3.63) is 57.6 Å². The van der Waals surface area contributed by atoms with Crippen LogP contribution in [0.1, 0.15) is 16.0 Å². The summed E-state index contributed by atoms with van der Waals surface area (Å²) in [5.74, 6) is 0. The first-order valence-electron chi connectivity index (χ1n) is 6.05. The lowest BCUT2D eigenvalue weighted by Gasteiger charge is -2.06. The topological polar surface area (TPSA) is 52.6 Å². The van der Waals surface area contributed by atoms with E-state index >= 15 is 0 Å². The molecule has 0 unspecified atom stereocenters. The third kappa shape index (κ3) is 2.66. The summed E-state index contributed by atoms with van der Waals surface area (Å²) < 4.78 is 35.8. The molecular weight excluding hydrogens is 332 g/mol. The zero-order valence-corrected chi connectivity index (χ0v) is 13.3. The van der Waals surface area contributed by atoms with Crippen molar-refractivity contribution in [1.82, 2.24) is 0 Å². The smallest absolute Gasteiger partial charge is 0.275 e. The van der Waals surface area contributed by atoms with Gasteiger partial charge in [-0.1, -0.05) is 17.7 Å². The standard InChI is InChI=1S/C14H11ClO4S2/c1-9-13(8-12(20-9)14-18-5-6-19-14)21(16,17)11-4-2-3-10(15)7-11/h2-8,14H,1H3. The fourth-order valence-electron chi connectivity index (χ4n) is 2.00. The van der Waals surface area contributed by atoms with Crippen molar-refractivity contribution in [2.45, 2.75) is 23.0 Å². The van der Waals surface area contributed by atoms with Gasteiger partial charge in [0, 0.05) is 9.90 Å². The molecule has 0 spiro atoms. The van der Waals surface area contributed by atoms with Crippen molar-refractivity contribution < 1.29 is 17.9 Å². The number of thiophene rings is 1. The van der Waals surface area contributed by atoms with Crippen LogP contribution in [0.15, 0.2) is 52.6 Å². The van der Waals surface area contributed by atoms with Gasteiger partial charge in [0.15, 0.2) is 0 Å². The van der Waals surface area contributed by atoms with Gasteiger partial charge >= 0.3 is 0 Å². The Morgan fingerprint density at radius 3 is 2.57 bits per heavy atom. The van der Waals surface area contributed by atoms with Gasteiger partial charge in [-0.3, -0.25) is 0 Å². The predicted molar refractivity (Wildman–Crippen MR) is 80.0 cm³/mol. The molecule has 7 heteroatoms. The molecule has 1 aliphatic rings. The van der Waals surface area contributed by atoms with E-state index in [9.17, 15) is 8.42 Å². The van der Waals surface area contributed by atoms with Crippen LogP contribution in [0.5, 0.6) is 0 Å². The molecule has 0 saturated heterocycles. The molecule has 0 aliphatic carbocycles. The van der Waals surface area contributed by atoms with Gasteiger partial charge in [0.25, 0.3) is 6.29 Å². The fraction of sp³-hybridized carbons (Fsp3) is 0.143. The Balaban J connectivity index is 2.03. The van der Waals surface area contributed by atoms with E-state index in [1.54, 1.807) is 25.1 Å². The van der Waals surface area contributed by atoms with E-state index < -0.39 is 16.1 Å². The predicted octanol–water partition coefficient (Wildman–Crippen LogP) is 4.06. The molecule has 0 N–H and O–H groups in total. The van der Waals surface area contributed by atoms with Gasteiger partial charge in [-0.15, -0.1) is 11.3 Å². The molecule has 21 heavy (non-hydrogen) atoms. The molecule has 0 amide bonds. The van der Waals surface area contributed by atoms with E-state index in [0.717, 1.165) is 0 Å². The molecule has 3 rings (SSSR count). The lowest BCUT2D eigenvalue weighted by molar-refractivity contribution is -0.0217. The van der Waals surface area contributed by atoms with Crippen molar-refractivity contribution >= 4 is 32.8 Å². The maximum Gasteiger partial charge on any atom is 0.275 e. The monoisotopic (exact) mass is 342 g/mol. The van der Waals surface area contributed by atoms with Crippen LogP contribution in [-0.2, 0) is 19.3 Å². The first-order valence-corrected chi connectivity index (χ1v) is 8.73. The van der Waals surface area contributed by atoms with E-state index in [-0.39, 0.29) is 9.79 Å². The summed E-state index contributed by atoms with van der Waals surface area (Å²) >= 11 is 7.21. The van der Waals surface area contributed by atoms with E-state index in [4.69, 9.17) is 21.1 Å². The maximum absolute atomic E-state index is 12.7. The number of benzene rings is 1. The van der Waals surface area contributed by atoms with Gasteiger partial charge in [-0.2, -0.15) is 0 Å². The van der Waals surface area contributed by atoms with Crippen LogP contribution in [0.25, 0.3) is 0 Å². The van der Waals surface area contributed by atoms with E-state index in [2.05, 4.69) is 0 Å². The van der Waals surface area contributed by atoms with Crippen molar-refractivity contribution in [2.75, 3.05) is 0 Å². The van der Waals surface area contributed by atoms with Gasteiger partial charge in [-0.25, -0.2) is 8.42 Å². The molecular formula is C14H11ClO4S2. The van der Waals surface area contributed by atoms with Gasteiger partial charge in [-0.05, 0) is 31.2 Å². The summed E-state index contributed by atoms with van der Waals surface area (Å²) in [5, 5.41) is 0.385. The molecule has 0 saturated carbocycles. The molecule has 0 atom stereocenters. The van der Waals surface area contributed by atoms with Crippen molar-refractivity contribution in [3.63, 3.8) is 0 Å². The second kappa shape index (κ2) is 5.36. The molecule has 2 aromatic rings. The second-order valence-electron chi connectivity index (χ2n) is 4.41. The quantitative estimate of drug-likeness (QED) is 0.844. The number of rotatable bonds is 3. The van der Waals surface area contributed by atoms with Gasteiger partial charge in [0.05, 0.1) is 14.7 Å². The Morgan fingerprint density at radius 1 is 1.19 bits per heavy atom. The Morgan fingerprint density at radius 2 is 1.90 bits per heavy atom. The summed E-state index contributed by atoms with van der Waals surface area (Å²) in [5.41, 5.74) is 0. The van der Waals surface area contributed by atoms with Crippen LogP contribution >= 0.6 is 22.9 Å². The molecule has 1 aromatic heterocycles. The van der Waals surface area contributed by atoms with Crippen LogP contribution in [0, 0.1) is 6.92 Å². The first-order chi connectivity index (χ1) is 9.98. The number of halogens is 1. The highest BCUT2D eigenvalue weighted by molar-refractivity contribution is 7.91. The number of ether oxygens (including phenoxy) is 2. The Kier molecular flexibility index (Phi) is 3.69. The highest BCUT2D eigenvalue weighted by Gasteiger charge is 2.26. The van der Waals surface area contributed by atoms with Crippen LogP contribution in [0.4, 0.5) is 0 Å². The number of sulfone groups is 1. The minimum absolute atomic E-state index is 0.175. The number of aryl methyl sites for hydroxylation is 1. The van der Waals surface area contributed by atoms with Crippen LogP contribution in [0.3, 0.4) is 0 Å². The molecule has 2 heterocycles. The van der Waals surface area contributed by atoms with Crippen molar-refractivity contribution in [2.24, 2.45) is 0 Å². The normalized spacial score (nSPS) is 15.0. The third-order valence-corrected chi connectivity index (χ3v) is 6.29. The lowest BCUT2D eigenvalue weighted by atomic mass is 10.4. The first kappa shape index (κ1) is 14.4. The molecule has 1 aromatic carbocycles. The van der Waals surface area contributed by atoms with Crippen LogP contribution < -0.4 is 0 Å². The minimum Gasteiger partial charge on any atom is -0.454 e. The summed E-state index contributed by atoms with van der Waals surface area (Å²) in [4.78, 5) is 1.82. The molecule has 4 nitrogen and oxygen atoms in total. The zero-order valence-electron chi connectivity index (χ0n) is 10.9. The van der Waals surface area contributed by atoms with Gasteiger partial charge in [0.2, 0.25) is 9.84 Å². The van der Waals surface area contributed by atoms with Crippen molar-refractivity contribution in [1.29, 1.82) is 0 Å². The highest BCUT2D eigenvalue weighted by atomic mass is 35.5. The molecule has 110 valence electrons. The molecule has 1 aliphatic heterocycles. The average Bonchev–Trinajstić information content (AvgIpc) is 3.07. The number of hydrogen-bond donors (Lipinski definition) is 0. The third-order valence-electron chi connectivity index (χ3n) is 2.98. The molecule has 0 fully saturated rings. The van der Waals surface area contributed by atoms with Crippen LogP contribution in [-0.4, -0.2) is 8.42 Å². The summed E-state index contributed by atoms with van der Waals surface area (Å²) in [7, 11) is -3.61. The Labute approximate surface area is 131 Å². The molecule has 0 bridgehead atoms. The van der Waals surface area contributed by atoms with E-state index in [0.29, 0.717) is 14.8 Å². The largest absolute Gasteiger partial charge is 0.454 e. The Bertz CT molecular complexity index is 800. The number of hydrogen-bond acceptors (Lipinski definition) is 5. The Hall–Kier alpha value is -1.50. The summed E-state index contributed by atoms with van der Waals surface area (Å²) in [6, 6.07) is 7.82. The fourth-order valence-corrected chi connectivity index (χ4v) is 5.14. The van der Waals surface area contributed by atoms with Gasteiger partial charge in [0.1, 0.15) is 12.5 Å². The lowest BCUT2D eigenvalue weighted by Crippen LogP contribution is -2.02. The van der Waals surface area contributed by atoms with E-state index in [1.165, 1.54) is 36.0 Å². The average molecular weight is 343 g/mol. The SMILES string of the molecule is Cc1sc(C2OC=CO2)cc1S(=O)(=O)c1cccc(Cl)c1. The highest BCUT2D eigenvalue weighted by Crippen LogP contribution is 2.36. The van der Waals surface area contributed by atoms with E-state index in [1.807, 2.05) is 0 Å². The van der Waals surface area contributed by atoms with Gasteiger partial charge < -0.3 is 9.47 Å². The summed E-state index contributed by atoms with van der Waals surface area (Å²) in [6.07, 6.45) is 2.30.